The fourth-order valence-electron chi connectivity index (χ4n) is 1.65. The molecule has 2 unspecified atom stereocenters. The molecule has 0 aliphatic carbocycles. The molecule has 0 saturated heterocycles. The molecule has 0 amide bonds. The molecule has 0 aliphatic heterocycles. The van der Waals surface area contributed by atoms with Crippen molar-refractivity contribution in [1.82, 2.24) is 0 Å². The first-order chi connectivity index (χ1) is 7.11. The Kier molecular flexibility index (Phi) is 6.93. The van der Waals surface area contributed by atoms with Crippen LogP contribution in [0.25, 0.3) is 0 Å². The van der Waals surface area contributed by atoms with Gasteiger partial charge in [0.2, 0.25) is 7.37 Å². The Labute approximate surface area is 103 Å². The van der Waals surface area contributed by atoms with Crippen molar-refractivity contribution in [1.29, 1.82) is 0 Å². The summed E-state index contributed by atoms with van der Waals surface area (Å²) in [6, 6.07) is 9.44. The van der Waals surface area contributed by atoms with E-state index in [0.717, 1.165) is 5.56 Å². The van der Waals surface area contributed by atoms with Crippen LogP contribution in [-0.2, 0) is 4.57 Å². The van der Waals surface area contributed by atoms with Gasteiger partial charge in [-0.05, 0) is 18.5 Å². The molecule has 16 heavy (non-hydrogen) atoms. The third-order valence-electron chi connectivity index (χ3n) is 2.56. The van der Waals surface area contributed by atoms with Crippen molar-refractivity contribution < 1.29 is 9.46 Å². The summed E-state index contributed by atoms with van der Waals surface area (Å²) < 4.78 is 12.0. The summed E-state index contributed by atoms with van der Waals surface area (Å²) in [6.45, 7) is 2.18. The van der Waals surface area contributed by atoms with Crippen LogP contribution in [0.3, 0.4) is 0 Å². The summed E-state index contributed by atoms with van der Waals surface area (Å²) in [5.41, 5.74) is 6.09. The second kappa shape index (κ2) is 7.08. The van der Waals surface area contributed by atoms with E-state index in [4.69, 9.17) is 5.73 Å². The van der Waals surface area contributed by atoms with E-state index < -0.39 is 7.37 Å². The molecule has 0 bridgehead atoms. The second-order valence-electron chi connectivity index (χ2n) is 3.58. The third kappa shape index (κ3) is 3.91. The number of nitrogens with two attached hydrogens (primary N) is 1. The molecule has 1 aromatic rings. The van der Waals surface area contributed by atoms with Crippen LogP contribution in [-0.4, -0.2) is 17.6 Å². The zero-order valence-electron chi connectivity index (χ0n) is 9.37. The van der Waals surface area contributed by atoms with Gasteiger partial charge in [0.1, 0.15) is 0 Å². The first-order valence-corrected chi connectivity index (χ1v) is 7.09. The minimum Gasteiger partial charge on any atom is -0.344 e. The molecule has 5 heteroatoms. The van der Waals surface area contributed by atoms with Crippen LogP contribution in [0.15, 0.2) is 30.3 Å². The predicted octanol–water partition coefficient (Wildman–Crippen LogP) is 2.79. The van der Waals surface area contributed by atoms with Gasteiger partial charge in [-0.3, -0.25) is 4.57 Å². The Hall–Kier alpha value is -0.340. The molecule has 0 fully saturated rings. The van der Waals surface area contributed by atoms with E-state index in [2.05, 4.69) is 0 Å². The highest BCUT2D eigenvalue weighted by molar-refractivity contribution is 7.58. The highest BCUT2D eigenvalue weighted by atomic mass is 35.5. The molecule has 0 spiro atoms. The standard InChI is InChI=1S/C11H18NO2P.ClH/c1-2-15(13,14)11(8-9-12)10-6-4-3-5-7-10;/h3-7,11H,2,8-9,12H2,1H3,(H,13,14);1H. The number of halogens is 1. The van der Waals surface area contributed by atoms with Crippen molar-refractivity contribution in [3.63, 3.8) is 0 Å². The van der Waals surface area contributed by atoms with E-state index in [9.17, 15) is 9.46 Å². The van der Waals surface area contributed by atoms with E-state index in [1.165, 1.54) is 0 Å². The van der Waals surface area contributed by atoms with Gasteiger partial charge in [-0.1, -0.05) is 37.3 Å². The lowest BCUT2D eigenvalue weighted by atomic mass is 10.1. The molecule has 0 heterocycles. The summed E-state index contributed by atoms with van der Waals surface area (Å²) in [5, 5.41) is 0. The van der Waals surface area contributed by atoms with E-state index >= 15 is 0 Å². The SMILES string of the molecule is CCP(=O)(O)C(CCN)c1ccccc1.Cl. The molecular formula is C11H19ClNO2P. The first-order valence-electron chi connectivity index (χ1n) is 5.18. The lowest BCUT2D eigenvalue weighted by Crippen LogP contribution is -2.09. The van der Waals surface area contributed by atoms with Gasteiger partial charge >= 0.3 is 0 Å². The molecule has 0 aliphatic rings. The maximum atomic E-state index is 12.0. The van der Waals surface area contributed by atoms with Crippen molar-refractivity contribution >= 4 is 19.8 Å². The number of hydrogen-bond donors (Lipinski definition) is 2. The van der Waals surface area contributed by atoms with Crippen LogP contribution in [0.1, 0.15) is 24.6 Å². The lowest BCUT2D eigenvalue weighted by Gasteiger charge is -2.21. The van der Waals surface area contributed by atoms with Crippen molar-refractivity contribution in [2.24, 2.45) is 5.73 Å². The van der Waals surface area contributed by atoms with Gasteiger partial charge < -0.3 is 10.6 Å². The van der Waals surface area contributed by atoms with E-state index in [1.54, 1.807) is 6.92 Å². The van der Waals surface area contributed by atoms with Crippen LogP contribution in [0.5, 0.6) is 0 Å². The van der Waals surface area contributed by atoms with Gasteiger partial charge in [-0.25, -0.2) is 0 Å². The van der Waals surface area contributed by atoms with Gasteiger partial charge in [0.15, 0.2) is 0 Å². The molecule has 92 valence electrons. The zero-order valence-corrected chi connectivity index (χ0v) is 11.1. The fraction of sp³-hybridized carbons (Fsp3) is 0.455. The smallest absolute Gasteiger partial charge is 0.207 e. The summed E-state index contributed by atoms with van der Waals surface area (Å²) >= 11 is 0. The van der Waals surface area contributed by atoms with Crippen molar-refractivity contribution in [2.45, 2.75) is 19.0 Å². The van der Waals surface area contributed by atoms with Crippen molar-refractivity contribution in [3.8, 4) is 0 Å². The molecule has 0 aromatic heterocycles. The van der Waals surface area contributed by atoms with Crippen LogP contribution in [0.2, 0.25) is 0 Å². The Bertz CT molecular complexity index is 345. The summed E-state index contributed by atoms with van der Waals surface area (Å²) in [5.74, 6) is 0. The van der Waals surface area contributed by atoms with Crippen LogP contribution in [0.4, 0.5) is 0 Å². The molecule has 0 radical (unpaired) electrons. The lowest BCUT2D eigenvalue weighted by molar-refractivity contribution is 0.461. The molecule has 2 atom stereocenters. The maximum absolute atomic E-state index is 12.0. The van der Waals surface area contributed by atoms with Gasteiger partial charge in [0, 0.05) is 6.16 Å². The maximum Gasteiger partial charge on any atom is 0.207 e. The molecule has 0 saturated carbocycles. The number of hydrogen-bond acceptors (Lipinski definition) is 2. The highest BCUT2D eigenvalue weighted by Gasteiger charge is 2.29. The van der Waals surface area contributed by atoms with E-state index in [-0.39, 0.29) is 18.1 Å². The minimum atomic E-state index is -3.10. The summed E-state index contributed by atoms with van der Waals surface area (Å²) in [7, 11) is -3.10. The van der Waals surface area contributed by atoms with Crippen molar-refractivity contribution in [3.05, 3.63) is 35.9 Å². The zero-order chi connectivity index (χ0) is 11.3. The summed E-state index contributed by atoms with van der Waals surface area (Å²) in [6.07, 6.45) is 0.859. The molecule has 3 nitrogen and oxygen atoms in total. The average molecular weight is 264 g/mol. The Balaban J connectivity index is 0.00000225. The highest BCUT2D eigenvalue weighted by Crippen LogP contribution is 2.56. The molecule has 1 rings (SSSR count). The van der Waals surface area contributed by atoms with Crippen molar-refractivity contribution in [2.75, 3.05) is 12.7 Å². The van der Waals surface area contributed by atoms with E-state index in [0.29, 0.717) is 19.1 Å². The van der Waals surface area contributed by atoms with Gasteiger partial charge in [-0.2, -0.15) is 0 Å². The first kappa shape index (κ1) is 15.7. The predicted molar refractivity (Wildman–Crippen MR) is 70.5 cm³/mol. The van der Waals surface area contributed by atoms with Crippen LogP contribution in [0, 0.1) is 0 Å². The second-order valence-corrected chi connectivity index (χ2v) is 6.34. The van der Waals surface area contributed by atoms with Gasteiger partial charge in [-0.15, -0.1) is 12.4 Å². The van der Waals surface area contributed by atoms with Gasteiger partial charge in [0.25, 0.3) is 0 Å². The minimum absolute atomic E-state index is 0. The summed E-state index contributed by atoms with van der Waals surface area (Å²) in [4.78, 5) is 9.87. The average Bonchev–Trinajstić information content (AvgIpc) is 2.27. The largest absolute Gasteiger partial charge is 0.344 e. The Morgan fingerprint density at radius 3 is 2.38 bits per heavy atom. The Morgan fingerprint density at radius 2 is 1.94 bits per heavy atom. The molecule has 1 aromatic carbocycles. The van der Waals surface area contributed by atoms with Crippen LogP contribution >= 0.6 is 19.8 Å². The Morgan fingerprint density at radius 1 is 1.38 bits per heavy atom. The number of rotatable bonds is 5. The topological polar surface area (TPSA) is 63.3 Å². The molecule has 3 N–H and O–H groups in total. The normalized spacial score (nSPS) is 15.9. The van der Waals surface area contributed by atoms with Gasteiger partial charge in [0.05, 0.1) is 5.66 Å². The quantitative estimate of drug-likeness (QED) is 0.803. The fourth-order valence-corrected chi connectivity index (χ4v) is 3.29. The third-order valence-corrected chi connectivity index (χ3v) is 5.00. The number of benzene rings is 1. The van der Waals surface area contributed by atoms with Crippen LogP contribution < -0.4 is 5.73 Å². The molecular weight excluding hydrogens is 245 g/mol. The van der Waals surface area contributed by atoms with E-state index in [1.807, 2.05) is 30.3 Å². The monoisotopic (exact) mass is 263 g/mol.